The summed E-state index contributed by atoms with van der Waals surface area (Å²) in [4.78, 5) is 3.96. The fraction of sp³-hybridized carbons (Fsp3) is 0.214. The van der Waals surface area contributed by atoms with Crippen LogP contribution in [0.25, 0.3) is 0 Å². The first-order chi connectivity index (χ1) is 10.7. The average Bonchev–Trinajstić information content (AvgIpc) is 2.48. The summed E-state index contributed by atoms with van der Waals surface area (Å²) in [6.45, 7) is 1.50. The van der Waals surface area contributed by atoms with E-state index in [1.54, 1.807) is 0 Å². The van der Waals surface area contributed by atoms with E-state index in [0.29, 0.717) is 5.82 Å². The summed E-state index contributed by atoms with van der Waals surface area (Å²) in [5.41, 5.74) is -0.259. The molecule has 2 aromatic rings. The SMILES string of the molecule is CCS(=O)(=O)Nc1ccc(Nc2cccc(C(F)(F)F)c2)nc1. The van der Waals surface area contributed by atoms with Crippen molar-refractivity contribution in [2.24, 2.45) is 0 Å². The molecule has 0 bridgehead atoms. The molecule has 2 N–H and O–H groups in total. The van der Waals surface area contributed by atoms with E-state index in [1.807, 2.05) is 0 Å². The summed E-state index contributed by atoms with van der Waals surface area (Å²) < 4.78 is 63.1. The summed E-state index contributed by atoms with van der Waals surface area (Å²) in [6, 6.07) is 7.64. The zero-order chi connectivity index (χ0) is 17.1. The minimum atomic E-state index is -4.42. The van der Waals surface area contributed by atoms with Crippen LogP contribution in [0.3, 0.4) is 0 Å². The van der Waals surface area contributed by atoms with Gasteiger partial charge in [0, 0.05) is 5.69 Å². The van der Waals surface area contributed by atoms with Crippen molar-refractivity contribution in [1.29, 1.82) is 0 Å². The second kappa shape index (κ2) is 6.45. The van der Waals surface area contributed by atoms with Crippen LogP contribution < -0.4 is 10.0 Å². The Kier molecular flexibility index (Phi) is 4.79. The molecule has 1 heterocycles. The van der Waals surface area contributed by atoms with Crippen molar-refractivity contribution in [2.75, 3.05) is 15.8 Å². The van der Waals surface area contributed by atoms with Crippen LogP contribution in [0, 0.1) is 0 Å². The highest BCUT2D eigenvalue weighted by Gasteiger charge is 2.30. The van der Waals surface area contributed by atoms with Crippen LogP contribution in [0.15, 0.2) is 42.6 Å². The summed E-state index contributed by atoms with van der Waals surface area (Å²) in [5.74, 6) is 0.223. The third-order valence-corrected chi connectivity index (χ3v) is 4.19. The van der Waals surface area contributed by atoms with Crippen molar-refractivity contribution in [3.63, 3.8) is 0 Å². The molecule has 0 saturated carbocycles. The predicted molar refractivity (Wildman–Crippen MR) is 82.0 cm³/mol. The van der Waals surface area contributed by atoms with Gasteiger partial charge in [0.1, 0.15) is 5.82 Å². The summed E-state index contributed by atoms with van der Waals surface area (Å²) >= 11 is 0. The van der Waals surface area contributed by atoms with E-state index in [4.69, 9.17) is 0 Å². The number of nitrogens with zero attached hydrogens (tertiary/aromatic N) is 1. The molecule has 124 valence electrons. The lowest BCUT2D eigenvalue weighted by Gasteiger charge is -2.11. The van der Waals surface area contributed by atoms with Crippen molar-refractivity contribution >= 4 is 27.2 Å². The fourth-order valence-electron chi connectivity index (χ4n) is 1.70. The number of anilines is 3. The van der Waals surface area contributed by atoms with Gasteiger partial charge in [0.05, 0.1) is 23.2 Å². The Bertz CT molecular complexity index is 775. The van der Waals surface area contributed by atoms with Gasteiger partial charge in [-0.3, -0.25) is 4.72 Å². The van der Waals surface area contributed by atoms with E-state index in [9.17, 15) is 21.6 Å². The lowest BCUT2D eigenvalue weighted by molar-refractivity contribution is -0.137. The monoisotopic (exact) mass is 345 g/mol. The molecular formula is C14H14F3N3O2S. The molecule has 5 nitrogen and oxygen atoms in total. The number of benzene rings is 1. The van der Waals surface area contributed by atoms with Gasteiger partial charge in [-0.25, -0.2) is 13.4 Å². The Labute approximate surface area is 131 Å². The molecule has 0 unspecified atom stereocenters. The standard InChI is InChI=1S/C14H14F3N3O2S/c1-2-23(21,22)20-12-6-7-13(18-9-12)19-11-5-3-4-10(8-11)14(15,16)17/h3-9,20H,2H2,1H3,(H,18,19). The first-order valence-corrected chi connectivity index (χ1v) is 8.25. The van der Waals surface area contributed by atoms with Crippen molar-refractivity contribution < 1.29 is 21.6 Å². The van der Waals surface area contributed by atoms with Gasteiger partial charge >= 0.3 is 6.18 Å². The van der Waals surface area contributed by atoms with Crippen molar-refractivity contribution in [2.45, 2.75) is 13.1 Å². The number of aromatic nitrogens is 1. The number of hydrogen-bond donors (Lipinski definition) is 2. The zero-order valence-electron chi connectivity index (χ0n) is 12.1. The Balaban J connectivity index is 2.13. The summed E-state index contributed by atoms with van der Waals surface area (Å²) in [5, 5.41) is 2.73. The Hall–Kier alpha value is -2.29. The lowest BCUT2D eigenvalue weighted by atomic mass is 10.2. The van der Waals surface area contributed by atoms with Crippen LogP contribution in [0.4, 0.5) is 30.4 Å². The van der Waals surface area contributed by atoms with Crippen LogP contribution >= 0.6 is 0 Å². The molecule has 0 aliphatic carbocycles. The van der Waals surface area contributed by atoms with Gasteiger partial charge < -0.3 is 5.32 Å². The van der Waals surface area contributed by atoms with Gasteiger partial charge in [-0.15, -0.1) is 0 Å². The maximum Gasteiger partial charge on any atom is 0.416 e. The van der Waals surface area contributed by atoms with Crippen molar-refractivity contribution in [3.8, 4) is 0 Å². The number of pyridine rings is 1. The van der Waals surface area contributed by atoms with E-state index in [2.05, 4.69) is 15.0 Å². The normalized spacial score (nSPS) is 12.0. The predicted octanol–water partition coefficient (Wildman–Crippen LogP) is 3.61. The molecule has 0 radical (unpaired) electrons. The molecule has 2 rings (SSSR count). The Morgan fingerprint density at radius 1 is 1.13 bits per heavy atom. The first-order valence-electron chi connectivity index (χ1n) is 6.60. The third-order valence-electron chi connectivity index (χ3n) is 2.88. The quantitative estimate of drug-likeness (QED) is 0.868. The van der Waals surface area contributed by atoms with Crippen molar-refractivity contribution in [1.82, 2.24) is 4.98 Å². The third kappa shape index (κ3) is 4.85. The van der Waals surface area contributed by atoms with Crippen LogP contribution in [0.1, 0.15) is 12.5 Å². The molecule has 1 aromatic carbocycles. The van der Waals surface area contributed by atoms with Gasteiger partial charge in [-0.2, -0.15) is 13.2 Å². The molecule has 23 heavy (non-hydrogen) atoms. The molecule has 0 fully saturated rings. The zero-order valence-corrected chi connectivity index (χ0v) is 12.9. The largest absolute Gasteiger partial charge is 0.416 e. The maximum absolute atomic E-state index is 12.6. The maximum atomic E-state index is 12.6. The van der Waals surface area contributed by atoms with E-state index in [-0.39, 0.29) is 17.1 Å². The molecule has 0 spiro atoms. The summed E-state index contributed by atoms with van der Waals surface area (Å²) in [7, 11) is -3.40. The van der Waals surface area contributed by atoms with Crippen LogP contribution in [0.2, 0.25) is 0 Å². The van der Waals surface area contributed by atoms with Gasteiger partial charge in [0.15, 0.2) is 0 Å². The van der Waals surface area contributed by atoms with Gasteiger partial charge in [0.2, 0.25) is 10.0 Å². The summed E-state index contributed by atoms with van der Waals surface area (Å²) in [6.07, 6.45) is -3.14. The van der Waals surface area contributed by atoms with Crippen LogP contribution in [-0.4, -0.2) is 19.2 Å². The van der Waals surface area contributed by atoms with Gasteiger partial charge in [-0.05, 0) is 37.3 Å². The number of hydrogen-bond acceptors (Lipinski definition) is 4. The number of alkyl halides is 3. The number of rotatable bonds is 5. The van der Waals surface area contributed by atoms with E-state index >= 15 is 0 Å². The second-order valence-electron chi connectivity index (χ2n) is 4.64. The average molecular weight is 345 g/mol. The minimum Gasteiger partial charge on any atom is -0.340 e. The van der Waals surface area contributed by atoms with Crippen LogP contribution in [-0.2, 0) is 16.2 Å². The van der Waals surface area contributed by atoms with E-state index < -0.39 is 21.8 Å². The van der Waals surface area contributed by atoms with E-state index in [0.717, 1.165) is 12.1 Å². The molecule has 0 aliphatic rings. The number of halogens is 3. The highest BCUT2D eigenvalue weighted by molar-refractivity contribution is 7.92. The highest BCUT2D eigenvalue weighted by Crippen LogP contribution is 2.31. The Morgan fingerprint density at radius 3 is 2.43 bits per heavy atom. The number of nitrogens with one attached hydrogen (secondary N) is 2. The molecule has 0 aliphatic heterocycles. The van der Waals surface area contributed by atoms with E-state index in [1.165, 1.54) is 37.4 Å². The van der Waals surface area contributed by atoms with Crippen molar-refractivity contribution in [3.05, 3.63) is 48.2 Å². The molecular weight excluding hydrogens is 331 g/mol. The highest BCUT2D eigenvalue weighted by atomic mass is 32.2. The second-order valence-corrected chi connectivity index (χ2v) is 6.65. The number of sulfonamides is 1. The topological polar surface area (TPSA) is 71.1 Å². The molecule has 1 aromatic heterocycles. The minimum absolute atomic E-state index is 0.0722. The molecule has 0 saturated heterocycles. The van der Waals surface area contributed by atoms with Gasteiger partial charge in [0.25, 0.3) is 0 Å². The smallest absolute Gasteiger partial charge is 0.340 e. The Morgan fingerprint density at radius 2 is 1.87 bits per heavy atom. The van der Waals surface area contributed by atoms with Gasteiger partial charge in [-0.1, -0.05) is 6.07 Å². The van der Waals surface area contributed by atoms with Crippen LogP contribution in [0.5, 0.6) is 0 Å². The molecule has 0 amide bonds. The fourth-order valence-corrected chi connectivity index (χ4v) is 2.33. The molecule has 9 heteroatoms. The lowest BCUT2D eigenvalue weighted by Crippen LogP contribution is -2.14. The first kappa shape index (κ1) is 17.1. The molecule has 0 atom stereocenters.